The second-order valence-corrected chi connectivity index (χ2v) is 6.22. The molecule has 0 heteroatoms. The molecule has 0 aliphatic heterocycles. The smallest absolute Gasteiger partial charge is 0.0326 e. The van der Waals surface area contributed by atoms with Crippen LogP contribution in [0.2, 0.25) is 0 Å². The summed E-state index contributed by atoms with van der Waals surface area (Å²) in [6.45, 7) is 9.60. The summed E-state index contributed by atoms with van der Waals surface area (Å²) >= 11 is 0. The fraction of sp³-hybridized carbons (Fsp3) is 1.00. The molecule has 0 saturated heterocycles. The average Bonchev–Trinajstić information content (AvgIpc) is 3.01. The van der Waals surface area contributed by atoms with Crippen molar-refractivity contribution in [2.75, 3.05) is 0 Å². The molecule has 0 aromatic heterocycles. The van der Waals surface area contributed by atoms with E-state index in [4.69, 9.17) is 0 Å². The van der Waals surface area contributed by atoms with E-state index >= 15 is 0 Å². The highest BCUT2D eigenvalue weighted by Gasteiger charge is 2.31. The van der Waals surface area contributed by atoms with Crippen LogP contribution in [0.4, 0.5) is 0 Å². The Hall–Kier alpha value is 0. The van der Waals surface area contributed by atoms with Crippen LogP contribution in [0.1, 0.15) is 79.1 Å². The van der Waals surface area contributed by atoms with E-state index in [2.05, 4.69) is 27.7 Å². The molecule has 0 aromatic rings. The van der Waals surface area contributed by atoms with E-state index in [0.29, 0.717) is 5.41 Å². The van der Waals surface area contributed by atoms with Gasteiger partial charge in [0.1, 0.15) is 0 Å². The fourth-order valence-corrected chi connectivity index (χ4v) is 2.52. The van der Waals surface area contributed by atoms with Crippen molar-refractivity contribution >= 4 is 0 Å². The molecule has 2 atom stereocenters. The van der Waals surface area contributed by atoms with Crippen LogP contribution in [-0.2, 0) is 0 Å². The van der Waals surface area contributed by atoms with Crippen molar-refractivity contribution < 1.29 is 0 Å². The van der Waals surface area contributed by atoms with Gasteiger partial charge in [-0.3, -0.25) is 0 Å². The monoisotopic (exact) mass is 210 g/mol. The summed E-state index contributed by atoms with van der Waals surface area (Å²) in [5.74, 6) is 2.03. The van der Waals surface area contributed by atoms with Crippen LogP contribution in [0.5, 0.6) is 0 Å². The van der Waals surface area contributed by atoms with Crippen molar-refractivity contribution in [3.05, 3.63) is 0 Å². The zero-order valence-corrected chi connectivity index (χ0v) is 11.3. The highest BCUT2D eigenvalue weighted by Crippen LogP contribution is 2.44. The third kappa shape index (κ3) is 5.04. The third-order valence-electron chi connectivity index (χ3n) is 4.51. The molecule has 0 nitrogen and oxygen atoms in total. The highest BCUT2D eigenvalue weighted by molar-refractivity contribution is 4.83. The average molecular weight is 210 g/mol. The summed E-state index contributed by atoms with van der Waals surface area (Å²) in [5.41, 5.74) is 0.661. The van der Waals surface area contributed by atoms with Crippen LogP contribution in [-0.4, -0.2) is 0 Å². The summed E-state index contributed by atoms with van der Waals surface area (Å²) in [4.78, 5) is 0. The van der Waals surface area contributed by atoms with Gasteiger partial charge in [0.2, 0.25) is 0 Å². The van der Waals surface area contributed by atoms with Gasteiger partial charge < -0.3 is 0 Å². The molecule has 90 valence electrons. The highest BCUT2D eigenvalue weighted by atomic mass is 14.4. The standard InChI is InChI=1S/C15H30/c1-5-13(3)8-7-11-15(4,6-2)12-14-9-10-14/h13-14H,5-12H2,1-4H3. The van der Waals surface area contributed by atoms with E-state index in [0.717, 1.165) is 11.8 Å². The fourth-order valence-electron chi connectivity index (χ4n) is 2.52. The lowest BCUT2D eigenvalue weighted by Gasteiger charge is -2.29. The molecule has 0 N–H and O–H groups in total. The molecule has 0 spiro atoms. The van der Waals surface area contributed by atoms with E-state index in [1.54, 1.807) is 0 Å². The molecule has 1 fully saturated rings. The molecule has 1 saturated carbocycles. The number of rotatable bonds is 8. The van der Waals surface area contributed by atoms with Gasteiger partial charge in [0, 0.05) is 0 Å². The van der Waals surface area contributed by atoms with Gasteiger partial charge in [-0.2, -0.15) is 0 Å². The van der Waals surface area contributed by atoms with Crippen molar-refractivity contribution in [2.45, 2.75) is 79.1 Å². The molecule has 0 heterocycles. The molecule has 0 radical (unpaired) electrons. The predicted molar refractivity (Wildman–Crippen MR) is 69.0 cm³/mol. The Morgan fingerprint density at radius 1 is 1.27 bits per heavy atom. The summed E-state index contributed by atoms with van der Waals surface area (Å²) in [6, 6.07) is 0. The lowest BCUT2D eigenvalue weighted by atomic mass is 9.77. The van der Waals surface area contributed by atoms with Crippen molar-refractivity contribution in [1.29, 1.82) is 0 Å². The van der Waals surface area contributed by atoms with Crippen molar-refractivity contribution in [3.63, 3.8) is 0 Å². The van der Waals surface area contributed by atoms with Gasteiger partial charge in [-0.15, -0.1) is 0 Å². The zero-order chi connectivity index (χ0) is 11.3. The van der Waals surface area contributed by atoms with Crippen LogP contribution in [0.3, 0.4) is 0 Å². The Bertz CT molecular complexity index is 169. The quantitative estimate of drug-likeness (QED) is 0.502. The first-order chi connectivity index (χ1) is 7.09. The maximum atomic E-state index is 2.52. The van der Waals surface area contributed by atoms with E-state index in [-0.39, 0.29) is 0 Å². The van der Waals surface area contributed by atoms with E-state index in [9.17, 15) is 0 Å². The molecule has 15 heavy (non-hydrogen) atoms. The molecular formula is C15H30. The predicted octanol–water partition coefficient (Wildman–Crippen LogP) is 5.42. The maximum absolute atomic E-state index is 2.52. The minimum atomic E-state index is 0.661. The Kier molecular flexibility index (Phi) is 5.15. The van der Waals surface area contributed by atoms with Gasteiger partial charge in [-0.1, -0.05) is 66.2 Å². The van der Waals surface area contributed by atoms with Crippen LogP contribution in [0.15, 0.2) is 0 Å². The largest absolute Gasteiger partial charge is 0.0651 e. The van der Waals surface area contributed by atoms with E-state index in [1.807, 2.05) is 0 Å². The second-order valence-electron chi connectivity index (χ2n) is 6.22. The molecule has 0 amide bonds. The maximum Gasteiger partial charge on any atom is -0.0326 e. The van der Waals surface area contributed by atoms with Gasteiger partial charge in [0.05, 0.1) is 0 Å². The minimum Gasteiger partial charge on any atom is -0.0651 e. The van der Waals surface area contributed by atoms with Gasteiger partial charge in [-0.05, 0) is 30.1 Å². The van der Waals surface area contributed by atoms with Gasteiger partial charge in [0.15, 0.2) is 0 Å². The van der Waals surface area contributed by atoms with Crippen LogP contribution >= 0.6 is 0 Å². The number of hydrogen-bond acceptors (Lipinski definition) is 0. The SMILES string of the molecule is CCC(C)CCCC(C)(CC)CC1CC1. The topological polar surface area (TPSA) is 0 Å². The van der Waals surface area contributed by atoms with Gasteiger partial charge >= 0.3 is 0 Å². The molecule has 1 aliphatic rings. The molecule has 2 unspecified atom stereocenters. The Morgan fingerprint density at radius 3 is 2.40 bits per heavy atom. The molecule has 1 aliphatic carbocycles. The Labute approximate surface area is 96.8 Å². The van der Waals surface area contributed by atoms with Crippen molar-refractivity contribution in [3.8, 4) is 0 Å². The zero-order valence-electron chi connectivity index (χ0n) is 11.3. The summed E-state index contributed by atoms with van der Waals surface area (Å²) in [7, 11) is 0. The van der Waals surface area contributed by atoms with Gasteiger partial charge in [0.25, 0.3) is 0 Å². The first-order valence-corrected chi connectivity index (χ1v) is 7.09. The van der Waals surface area contributed by atoms with Gasteiger partial charge in [-0.25, -0.2) is 0 Å². The summed E-state index contributed by atoms with van der Waals surface area (Å²) in [5, 5.41) is 0. The number of hydrogen-bond donors (Lipinski definition) is 0. The Balaban J connectivity index is 2.19. The lowest BCUT2D eigenvalue weighted by molar-refractivity contribution is 0.232. The molecular weight excluding hydrogens is 180 g/mol. The van der Waals surface area contributed by atoms with E-state index < -0.39 is 0 Å². The van der Waals surface area contributed by atoms with Crippen LogP contribution in [0, 0.1) is 17.3 Å². The summed E-state index contributed by atoms with van der Waals surface area (Å²) < 4.78 is 0. The molecule has 1 rings (SSSR count). The van der Waals surface area contributed by atoms with Crippen molar-refractivity contribution in [1.82, 2.24) is 0 Å². The minimum absolute atomic E-state index is 0.661. The lowest BCUT2D eigenvalue weighted by Crippen LogP contribution is -2.16. The van der Waals surface area contributed by atoms with Crippen molar-refractivity contribution in [2.24, 2.45) is 17.3 Å². The van der Waals surface area contributed by atoms with E-state index in [1.165, 1.54) is 51.4 Å². The second kappa shape index (κ2) is 5.92. The summed E-state index contributed by atoms with van der Waals surface area (Å²) in [6.07, 6.45) is 11.6. The Morgan fingerprint density at radius 2 is 1.93 bits per heavy atom. The molecule has 0 bridgehead atoms. The molecule has 0 aromatic carbocycles. The third-order valence-corrected chi connectivity index (χ3v) is 4.51. The first-order valence-electron chi connectivity index (χ1n) is 7.09. The van der Waals surface area contributed by atoms with Crippen LogP contribution < -0.4 is 0 Å². The first kappa shape index (κ1) is 13.1. The van der Waals surface area contributed by atoms with Crippen LogP contribution in [0.25, 0.3) is 0 Å². The normalized spacial score (nSPS) is 22.4.